The monoisotopic (exact) mass is 314 g/mol. The molecule has 0 aromatic carbocycles. The van der Waals surface area contributed by atoms with E-state index in [4.69, 9.17) is 0 Å². The molecule has 1 aliphatic rings. The third-order valence-corrected chi connectivity index (χ3v) is 4.90. The van der Waals surface area contributed by atoms with E-state index in [2.05, 4.69) is 10.3 Å². The molecule has 1 aromatic rings. The third kappa shape index (κ3) is 4.28. The van der Waals surface area contributed by atoms with Gasteiger partial charge in [0.2, 0.25) is 15.9 Å². The van der Waals surface area contributed by atoms with Crippen molar-refractivity contribution in [3.05, 3.63) is 18.7 Å². The number of nitrogens with zero attached hydrogens (tertiary/aromatic N) is 3. The van der Waals surface area contributed by atoms with E-state index in [1.165, 1.54) is 4.31 Å². The first-order valence-electron chi connectivity index (χ1n) is 7.11. The van der Waals surface area contributed by atoms with E-state index < -0.39 is 16.1 Å². The highest BCUT2D eigenvalue weighted by Crippen LogP contribution is 2.20. The van der Waals surface area contributed by atoms with E-state index in [-0.39, 0.29) is 11.9 Å². The summed E-state index contributed by atoms with van der Waals surface area (Å²) in [4.78, 5) is 16.3. The number of aromatic nitrogens is 2. The van der Waals surface area contributed by atoms with Crippen molar-refractivity contribution in [1.82, 2.24) is 19.2 Å². The number of sulfonamides is 1. The summed E-state index contributed by atoms with van der Waals surface area (Å²) < 4.78 is 26.7. The fraction of sp³-hybridized carbons (Fsp3) is 0.692. The minimum atomic E-state index is -3.35. The van der Waals surface area contributed by atoms with E-state index in [9.17, 15) is 13.2 Å². The highest BCUT2D eigenvalue weighted by molar-refractivity contribution is 7.88. The molecule has 1 fully saturated rings. The Morgan fingerprint density at radius 2 is 2.24 bits per heavy atom. The van der Waals surface area contributed by atoms with Gasteiger partial charge in [0.25, 0.3) is 0 Å². The van der Waals surface area contributed by atoms with Crippen LogP contribution in [0.1, 0.15) is 26.2 Å². The SMILES string of the molecule is CC(Cn1ccnc1)NC(=O)C1CCCCN1S(C)(=O)=O. The van der Waals surface area contributed by atoms with Crippen LogP contribution in [0.25, 0.3) is 0 Å². The van der Waals surface area contributed by atoms with Gasteiger partial charge in [-0.3, -0.25) is 4.79 Å². The van der Waals surface area contributed by atoms with E-state index in [0.29, 0.717) is 19.5 Å². The molecular weight excluding hydrogens is 292 g/mol. The minimum Gasteiger partial charge on any atom is -0.350 e. The number of nitrogens with one attached hydrogen (secondary N) is 1. The third-order valence-electron chi connectivity index (χ3n) is 3.61. The van der Waals surface area contributed by atoms with Crippen molar-refractivity contribution >= 4 is 15.9 Å². The van der Waals surface area contributed by atoms with Gasteiger partial charge in [0.1, 0.15) is 6.04 Å². The molecule has 118 valence electrons. The Bertz CT molecular complexity index is 570. The zero-order chi connectivity index (χ0) is 15.5. The summed E-state index contributed by atoms with van der Waals surface area (Å²) in [6.07, 6.45) is 8.62. The molecule has 1 aromatic heterocycles. The highest BCUT2D eigenvalue weighted by atomic mass is 32.2. The van der Waals surface area contributed by atoms with Gasteiger partial charge in [0.05, 0.1) is 12.6 Å². The lowest BCUT2D eigenvalue weighted by Gasteiger charge is -2.33. The summed E-state index contributed by atoms with van der Waals surface area (Å²) in [5.74, 6) is -0.215. The Kier molecular flexibility index (Phi) is 5.00. The van der Waals surface area contributed by atoms with Crippen molar-refractivity contribution in [3.63, 3.8) is 0 Å². The lowest BCUT2D eigenvalue weighted by molar-refractivity contribution is -0.126. The first-order valence-corrected chi connectivity index (χ1v) is 8.95. The first-order chi connectivity index (χ1) is 9.88. The molecule has 21 heavy (non-hydrogen) atoms. The summed E-state index contributed by atoms with van der Waals surface area (Å²) in [6.45, 7) is 2.93. The predicted molar refractivity (Wildman–Crippen MR) is 79.0 cm³/mol. The van der Waals surface area contributed by atoms with E-state index in [0.717, 1.165) is 19.1 Å². The Labute approximate surface area is 125 Å². The van der Waals surface area contributed by atoms with Crippen molar-refractivity contribution in [2.75, 3.05) is 12.8 Å². The zero-order valence-electron chi connectivity index (χ0n) is 12.4. The quantitative estimate of drug-likeness (QED) is 0.841. The largest absolute Gasteiger partial charge is 0.350 e. The lowest BCUT2D eigenvalue weighted by Crippen LogP contribution is -2.53. The standard InChI is InChI=1S/C13H22N4O3S/c1-11(9-16-8-6-14-10-16)15-13(18)12-5-3-4-7-17(12)21(2,19)20/h6,8,10-12H,3-5,7,9H2,1-2H3,(H,15,18). The molecule has 0 bridgehead atoms. The first kappa shape index (κ1) is 16.0. The van der Waals surface area contributed by atoms with Gasteiger partial charge in [0, 0.05) is 31.5 Å². The average Bonchev–Trinajstić information content (AvgIpc) is 2.90. The molecule has 0 aliphatic carbocycles. The summed E-state index contributed by atoms with van der Waals surface area (Å²) in [5, 5.41) is 2.90. The number of rotatable bonds is 5. The van der Waals surface area contributed by atoms with Gasteiger partial charge in [-0.2, -0.15) is 4.31 Å². The van der Waals surface area contributed by atoms with Crippen LogP contribution in [0.2, 0.25) is 0 Å². The molecule has 1 aliphatic heterocycles. The fourth-order valence-electron chi connectivity index (χ4n) is 2.66. The van der Waals surface area contributed by atoms with Crippen LogP contribution >= 0.6 is 0 Å². The van der Waals surface area contributed by atoms with Crippen molar-refractivity contribution < 1.29 is 13.2 Å². The number of imidazole rings is 1. The zero-order valence-corrected chi connectivity index (χ0v) is 13.2. The van der Waals surface area contributed by atoms with E-state index in [1.807, 2.05) is 17.7 Å². The van der Waals surface area contributed by atoms with Crippen LogP contribution in [0, 0.1) is 0 Å². The van der Waals surface area contributed by atoms with Crippen molar-refractivity contribution in [2.45, 2.75) is 44.8 Å². The van der Waals surface area contributed by atoms with E-state index >= 15 is 0 Å². The average molecular weight is 314 g/mol. The van der Waals surface area contributed by atoms with Gasteiger partial charge >= 0.3 is 0 Å². The second-order valence-corrected chi connectivity index (χ2v) is 7.49. The van der Waals surface area contributed by atoms with Crippen molar-refractivity contribution in [1.29, 1.82) is 0 Å². The van der Waals surface area contributed by atoms with E-state index in [1.54, 1.807) is 12.5 Å². The number of piperidine rings is 1. The summed E-state index contributed by atoms with van der Waals surface area (Å²) in [5.41, 5.74) is 0. The number of amides is 1. The van der Waals surface area contributed by atoms with Crippen LogP contribution in [0.4, 0.5) is 0 Å². The maximum absolute atomic E-state index is 12.4. The maximum Gasteiger partial charge on any atom is 0.238 e. The molecule has 2 rings (SSSR count). The van der Waals surface area contributed by atoms with Gasteiger partial charge in [-0.25, -0.2) is 13.4 Å². The molecule has 2 heterocycles. The van der Waals surface area contributed by atoms with Crippen LogP contribution in [-0.2, 0) is 21.4 Å². The van der Waals surface area contributed by atoms with Crippen LogP contribution in [0.3, 0.4) is 0 Å². The van der Waals surface area contributed by atoms with Gasteiger partial charge in [0.15, 0.2) is 0 Å². The Balaban J connectivity index is 1.97. The normalized spacial score (nSPS) is 21.9. The fourth-order valence-corrected chi connectivity index (χ4v) is 3.78. The molecule has 0 saturated carbocycles. The summed E-state index contributed by atoms with van der Waals surface area (Å²) in [6, 6.07) is -0.672. The molecule has 1 amide bonds. The van der Waals surface area contributed by atoms with Crippen molar-refractivity contribution in [3.8, 4) is 0 Å². The second-order valence-electron chi connectivity index (χ2n) is 5.55. The number of hydrogen-bond acceptors (Lipinski definition) is 4. The molecule has 7 nitrogen and oxygen atoms in total. The lowest BCUT2D eigenvalue weighted by atomic mass is 10.0. The molecule has 8 heteroatoms. The van der Waals surface area contributed by atoms with Crippen LogP contribution < -0.4 is 5.32 Å². The highest BCUT2D eigenvalue weighted by Gasteiger charge is 2.34. The number of hydrogen-bond donors (Lipinski definition) is 1. The minimum absolute atomic E-state index is 0.0879. The Morgan fingerprint density at radius 3 is 2.86 bits per heavy atom. The molecule has 1 N–H and O–H groups in total. The molecule has 2 atom stereocenters. The van der Waals surface area contributed by atoms with Crippen LogP contribution in [0.5, 0.6) is 0 Å². The molecule has 1 saturated heterocycles. The number of carbonyl (C=O) groups excluding carboxylic acids is 1. The molecule has 0 spiro atoms. The molecule has 0 radical (unpaired) electrons. The molecule has 2 unspecified atom stereocenters. The van der Waals surface area contributed by atoms with Crippen molar-refractivity contribution in [2.24, 2.45) is 0 Å². The van der Waals surface area contributed by atoms with Gasteiger partial charge in [-0.05, 0) is 19.8 Å². The summed E-state index contributed by atoms with van der Waals surface area (Å²) in [7, 11) is -3.35. The smallest absolute Gasteiger partial charge is 0.238 e. The predicted octanol–water partition coefficient (Wildman–Crippen LogP) is 0.202. The Morgan fingerprint density at radius 1 is 1.48 bits per heavy atom. The Hall–Kier alpha value is -1.41. The number of carbonyl (C=O) groups is 1. The summed E-state index contributed by atoms with van der Waals surface area (Å²) >= 11 is 0. The second kappa shape index (κ2) is 6.57. The maximum atomic E-state index is 12.4. The molecular formula is C13H22N4O3S. The topological polar surface area (TPSA) is 84.3 Å². The van der Waals surface area contributed by atoms with Gasteiger partial charge < -0.3 is 9.88 Å². The van der Waals surface area contributed by atoms with Gasteiger partial charge in [-0.15, -0.1) is 0 Å². The van der Waals surface area contributed by atoms with Crippen LogP contribution in [0.15, 0.2) is 18.7 Å². The van der Waals surface area contributed by atoms with Crippen LogP contribution in [-0.4, -0.2) is 53.1 Å². The van der Waals surface area contributed by atoms with Gasteiger partial charge in [-0.1, -0.05) is 6.42 Å².